The average molecular weight is 262 g/mol. The number of nitro groups is 2. The molecule has 0 spiro atoms. The number of thiophene rings is 1. The van der Waals surface area contributed by atoms with E-state index >= 15 is 0 Å². The fraction of sp³-hybridized carbons (Fsp3) is 0.0909. The third kappa shape index (κ3) is 1.41. The number of rotatable bonds is 2. The van der Waals surface area contributed by atoms with Gasteiger partial charge in [0.25, 0.3) is 11.4 Å². The zero-order chi connectivity index (χ0) is 12.9. The predicted octanol–water partition coefficient (Wildman–Crippen LogP) is 3.14. The smallest absolute Gasteiger partial charge is 0.258 e. The van der Waals surface area contributed by atoms with Gasteiger partial charge >= 0.3 is 0 Å². The van der Waals surface area contributed by atoms with Crippen LogP contribution in [0.1, 0.15) is 11.1 Å². The van der Waals surface area contributed by atoms with Gasteiger partial charge in [0.2, 0.25) is 0 Å². The maximum absolute atomic E-state index is 11.1. The standard InChI is InChI=1S/C11H6N2O4S/c14-12(15)8-4-7-3-6-1-2-18-11(6)10(7)9(5-8)13(16)17/h1-2,4-5H,3H2. The molecule has 0 saturated carbocycles. The molecule has 7 heteroatoms. The molecule has 3 rings (SSSR count). The molecule has 18 heavy (non-hydrogen) atoms. The number of hydrogen-bond acceptors (Lipinski definition) is 5. The lowest BCUT2D eigenvalue weighted by Crippen LogP contribution is -1.96. The Morgan fingerprint density at radius 2 is 1.89 bits per heavy atom. The van der Waals surface area contributed by atoms with Crippen molar-refractivity contribution >= 4 is 22.7 Å². The molecule has 0 aliphatic heterocycles. The van der Waals surface area contributed by atoms with E-state index in [1.807, 2.05) is 11.4 Å². The Balaban J connectivity index is 2.31. The molecule has 0 atom stereocenters. The second-order valence-corrected chi connectivity index (χ2v) is 4.88. The van der Waals surface area contributed by atoms with Gasteiger partial charge < -0.3 is 0 Å². The first kappa shape index (κ1) is 10.8. The molecule has 0 saturated heterocycles. The van der Waals surface area contributed by atoms with Gasteiger partial charge in [0, 0.05) is 17.4 Å². The van der Waals surface area contributed by atoms with Crippen molar-refractivity contribution in [3.05, 3.63) is 54.9 Å². The summed E-state index contributed by atoms with van der Waals surface area (Å²) in [4.78, 5) is 21.5. The molecule has 2 aromatic rings. The van der Waals surface area contributed by atoms with E-state index < -0.39 is 9.85 Å². The van der Waals surface area contributed by atoms with Crippen molar-refractivity contribution in [1.82, 2.24) is 0 Å². The number of non-ortho nitro benzene ring substituents is 1. The van der Waals surface area contributed by atoms with Gasteiger partial charge in [-0.25, -0.2) is 0 Å². The number of nitro benzene ring substituents is 2. The minimum absolute atomic E-state index is 0.180. The molecule has 0 unspecified atom stereocenters. The number of benzene rings is 1. The van der Waals surface area contributed by atoms with E-state index in [1.54, 1.807) is 0 Å². The van der Waals surface area contributed by atoms with Crippen LogP contribution in [0, 0.1) is 20.2 Å². The van der Waals surface area contributed by atoms with Crippen LogP contribution in [0.5, 0.6) is 0 Å². The average Bonchev–Trinajstić information content (AvgIpc) is 2.86. The van der Waals surface area contributed by atoms with E-state index in [0.29, 0.717) is 17.5 Å². The van der Waals surface area contributed by atoms with Gasteiger partial charge in [-0.05, 0) is 22.6 Å². The number of nitrogens with zero attached hydrogens (tertiary/aromatic N) is 2. The SMILES string of the molecule is O=[N+]([O-])c1cc2c(c([N+](=O)[O-])c1)-c1sccc1C2. The zero-order valence-corrected chi connectivity index (χ0v) is 9.77. The third-order valence-electron chi connectivity index (χ3n) is 2.95. The van der Waals surface area contributed by atoms with E-state index in [9.17, 15) is 20.2 Å². The second kappa shape index (κ2) is 3.61. The Labute approximate surface area is 105 Å². The van der Waals surface area contributed by atoms with Crippen LogP contribution in [-0.2, 0) is 6.42 Å². The largest absolute Gasteiger partial charge is 0.285 e. The molecule has 1 aromatic heterocycles. The quantitative estimate of drug-likeness (QED) is 0.524. The van der Waals surface area contributed by atoms with Crippen LogP contribution in [0.2, 0.25) is 0 Å². The Morgan fingerprint density at radius 1 is 1.11 bits per heavy atom. The molecule has 1 aliphatic carbocycles. The summed E-state index contributed by atoms with van der Waals surface area (Å²) in [5, 5.41) is 23.7. The van der Waals surface area contributed by atoms with E-state index in [-0.39, 0.29) is 11.4 Å². The number of fused-ring (bicyclic) bond motifs is 3. The highest BCUT2D eigenvalue weighted by Crippen LogP contribution is 2.46. The van der Waals surface area contributed by atoms with Gasteiger partial charge in [-0.3, -0.25) is 20.2 Å². The van der Waals surface area contributed by atoms with E-state index in [2.05, 4.69) is 0 Å². The summed E-state index contributed by atoms with van der Waals surface area (Å²) in [5.41, 5.74) is 1.79. The molecule has 90 valence electrons. The molecule has 1 heterocycles. The molecule has 1 aromatic carbocycles. The Hall–Kier alpha value is -2.28. The maximum atomic E-state index is 11.1. The van der Waals surface area contributed by atoms with Crippen LogP contribution in [0.25, 0.3) is 10.4 Å². The van der Waals surface area contributed by atoms with Crippen LogP contribution < -0.4 is 0 Å². The number of hydrogen-bond donors (Lipinski definition) is 0. The van der Waals surface area contributed by atoms with Crippen molar-refractivity contribution in [1.29, 1.82) is 0 Å². The molecular formula is C11H6N2O4S. The summed E-state index contributed by atoms with van der Waals surface area (Å²) in [6, 6.07) is 4.36. The molecule has 0 amide bonds. The normalized spacial score (nSPS) is 12.0. The van der Waals surface area contributed by atoms with Gasteiger partial charge in [0.1, 0.15) is 0 Å². The van der Waals surface area contributed by atoms with Gasteiger partial charge in [-0.2, -0.15) is 0 Å². The monoisotopic (exact) mass is 262 g/mol. The van der Waals surface area contributed by atoms with Crippen LogP contribution in [0.4, 0.5) is 11.4 Å². The van der Waals surface area contributed by atoms with Crippen LogP contribution in [-0.4, -0.2) is 9.85 Å². The summed E-state index contributed by atoms with van der Waals surface area (Å²) in [7, 11) is 0. The van der Waals surface area contributed by atoms with Crippen molar-refractivity contribution in [3.63, 3.8) is 0 Å². The van der Waals surface area contributed by atoms with Gasteiger partial charge in [0.05, 0.1) is 21.5 Å². The van der Waals surface area contributed by atoms with Crippen molar-refractivity contribution < 1.29 is 9.85 Å². The Bertz CT molecular complexity index is 692. The minimum atomic E-state index is -0.598. The molecule has 0 bridgehead atoms. The fourth-order valence-corrected chi connectivity index (χ4v) is 3.23. The highest BCUT2D eigenvalue weighted by Gasteiger charge is 2.31. The molecule has 0 N–H and O–H groups in total. The topological polar surface area (TPSA) is 86.3 Å². The highest BCUT2D eigenvalue weighted by molar-refractivity contribution is 7.14. The molecule has 0 fully saturated rings. The summed E-state index contributed by atoms with van der Waals surface area (Å²) in [5.74, 6) is 0. The zero-order valence-electron chi connectivity index (χ0n) is 8.95. The van der Waals surface area contributed by atoms with E-state index in [4.69, 9.17) is 0 Å². The Morgan fingerprint density at radius 3 is 2.56 bits per heavy atom. The van der Waals surface area contributed by atoms with Crippen molar-refractivity contribution in [3.8, 4) is 10.4 Å². The van der Waals surface area contributed by atoms with Gasteiger partial charge in [-0.15, -0.1) is 11.3 Å². The second-order valence-electron chi connectivity index (χ2n) is 3.96. The van der Waals surface area contributed by atoms with Gasteiger partial charge in [-0.1, -0.05) is 0 Å². The lowest BCUT2D eigenvalue weighted by atomic mass is 10.1. The minimum Gasteiger partial charge on any atom is -0.258 e. The Kier molecular flexibility index (Phi) is 2.17. The maximum Gasteiger partial charge on any atom is 0.285 e. The van der Waals surface area contributed by atoms with Crippen molar-refractivity contribution in [2.24, 2.45) is 0 Å². The van der Waals surface area contributed by atoms with Crippen LogP contribution in [0.15, 0.2) is 23.6 Å². The highest BCUT2D eigenvalue weighted by atomic mass is 32.1. The lowest BCUT2D eigenvalue weighted by molar-refractivity contribution is -0.393. The predicted molar refractivity (Wildman–Crippen MR) is 65.9 cm³/mol. The third-order valence-corrected chi connectivity index (χ3v) is 3.92. The molecule has 0 radical (unpaired) electrons. The van der Waals surface area contributed by atoms with E-state index in [1.165, 1.54) is 17.4 Å². The lowest BCUT2D eigenvalue weighted by Gasteiger charge is -2.01. The first-order chi connectivity index (χ1) is 8.58. The molecule has 1 aliphatic rings. The fourth-order valence-electron chi connectivity index (χ4n) is 2.22. The molecule has 6 nitrogen and oxygen atoms in total. The van der Waals surface area contributed by atoms with Gasteiger partial charge in [0.15, 0.2) is 0 Å². The molecular weight excluding hydrogens is 256 g/mol. The first-order valence-electron chi connectivity index (χ1n) is 5.10. The van der Waals surface area contributed by atoms with E-state index in [0.717, 1.165) is 16.5 Å². The summed E-state index contributed by atoms with van der Waals surface area (Å²) in [6.07, 6.45) is 0.524. The first-order valence-corrected chi connectivity index (χ1v) is 5.98. The van der Waals surface area contributed by atoms with Crippen LogP contribution in [0.3, 0.4) is 0 Å². The summed E-state index contributed by atoms with van der Waals surface area (Å²) >= 11 is 1.43. The van der Waals surface area contributed by atoms with Crippen LogP contribution >= 0.6 is 11.3 Å². The summed E-state index contributed by atoms with van der Waals surface area (Å²) < 4.78 is 0. The van der Waals surface area contributed by atoms with Crippen molar-refractivity contribution in [2.45, 2.75) is 6.42 Å². The summed E-state index contributed by atoms with van der Waals surface area (Å²) in [6.45, 7) is 0. The van der Waals surface area contributed by atoms with Crippen molar-refractivity contribution in [2.75, 3.05) is 0 Å².